The van der Waals surface area contributed by atoms with E-state index < -0.39 is 12.7 Å². The zero-order chi connectivity index (χ0) is 16.3. The lowest BCUT2D eigenvalue weighted by Gasteiger charge is -2.27. The van der Waals surface area contributed by atoms with E-state index in [0.717, 1.165) is 4.68 Å². The summed E-state index contributed by atoms with van der Waals surface area (Å²) < 4.78 is 44.0. The molecule has 1 amide bonds. The summed E-state index contributed by atoms with van der Waals surface area (Å²) in [6, 6.07) is 0. The molecule has 1 saturated heterocycles. The highest BCUT2D eigenvalue weighted by molar-refractivity contribution is 5.96. The van der Waals surface area contributed by atoms with Crippen LogP contribution >= 0.6 is 0 Å². The van der Waals surface area contributed by atoms with Crippen molar-refractivity contribution in [2.45, 2.75) is 39.4 Å². The van der Waals surface area contributed by atoms with E-state index in [9.17, 15) is 18.0 Å². The lowest BCUT2D eigenvalue weighted by Crippen LogP contribution is -2.41. The lowest BCUT2D eigenvalue weighted by atomic mass is 10.1. The second-order valence-electron chi connectivity index (χ2n) is 5.33. The van der Waals surface area contributed by atoms with Gasteiger partial charge in [0, 0.05) is 18.8 Å². The van der Waals surface area contributed by atoms with Gasteiger partial charge in [0.1, 0.15) is 6.54 Å². The average Bonchev–Trinajstić information content (AvgIpc) is 2.74. The van der Waals surface area contributed by atoms with Crippen LogP contribution in [0.25, 0.3) is 0 Å². The van der Waals surface area contributed by atoms with Gasteiger partial charge in [-0.15, -0.1) is 0 Å². The summed E-state index contributed by atoms with van der Waals surface area (Å²) in [5, 5.41) is 4.02. The maximum absolute atomic E-state index is 12.6. The predicted molar refractivity (Wildman–Crippen MR) is 73.7 cm³/mol. The molecule has 5 nitrogen and oxygen atoms in total. The van der Waals surface area contributed by atoms with Crippen molar-refractivity contribution in [1.29, 1.82) is 0 Å². The molecule has 0 spiro atoms. The SMILES string of the molecule is CCCc1nn(CC(F)(F)F)c(C)c1C(=O)N1CCOCC1. The molecule has 1 aliphatic heterocycles. The normalized spacial score (nSPS) is 16.1. The van der Waals surface area contributed by atoms with Gasteiger partial charge in [-0.2, -0.15) is 18.3 Å². The minimum absolute atomic E-state index is 0.252. The lowest BCUT2D eigenvalue weighted by molar-refractivity contribution is -0.143. The molecule has 1 aromatic rings. The number of amides is 1. The summed E-state index contributed by atoms with van der Waals surface area (Å²) in [5.74, 6) is -0.252. The summed E-state index contributed by atoms with van der Waals surface area (Å²) in [6.07, 6.45) is -3.16. The Labute approximate surface area is 127 Å². The first-order chi connectivity index (χ1) is 10.3. The number of hydrogen-bond acceptors (Lipinski definition) is 3. The Kier molecular flexibility index (Phi) is 5.10. The Balaban J connectivity index is 2.33. The minimum Gasteiger partial charge on any atom is -0.378 e. The van der Waals surface area contributed by atoms with Gasteiger partial charge in [-0.25, -0.2) is 0 Å². The molecule has 0 saturated carbocycles. The van der Waals surface area contributed by atoms with Crippen LogP contribution in [0.3, 0.4) is 0 Å². The largest absolute Gasteiger partial charge is 0.408 e. The zero-order valence-corrected chi connectivity index (χ0v) is 12.7. The Morgan fingerprint density at radius 1 is 1.32 bits per heavy atom. The van der Waals surface area contributed by atoms with E-state index in [1.54, 1.807) is 4.90 Å². The van der Waals surface area contributed by atoms with Gasteiger partial charge in [-0.1, -0.05) is 13.3 Å². The molecule has 1 aliphatic rings. The number of halogens is 3. The molecule has 0 aliphatic carbocycles. The molecule has 0 aromatic carbocycles. The molecule has 0 N–H and O–H groups in total. The molecule has 0 bridgehead atoms. The summed E-state index contributed by atoms with van der Waals surface area (Å²) in [7, 11) is 0. The molecule has 8 heteroatoms. The van der Waals surface area contributed by atoms with Crippen molar-refractivity contribution in [3.63, 3.8) is 0 Å². The van der Waals surface area contributed by atoms with Crippen molar-refractivity contribution in [2.75, 3.05) is 26.3 Å². The third-order valence-corrected chi connectivity index (χ3v) is 3.61. The molecule has 0 unspecified atom stereocenters. The summed E-state index contributed by atoms with van der Waals surface area (Å²) >= 11 is 0. The molecule has 124 valence electrons. The molecule has 2 rings (SSSR count). The van der Waals surface area contributed by atoms with E-state index in [-0.39, 0.29) is 11.6 Å². The van der Waals surface area contributed by atoms with E-state index >= 15 is 0 Å². The molecular weight excluding hydrogens is 299 g/mol. The number of hydrogen-bond donors (Lipinski definition) is 0. The molecule has 1 fully saturated rings. The molecule has 1 aromatic heterocycles. The van der Waals surface area contributed by atoms with E-state index in [1.165, 1.54) is 6.92 Å². The Bertz CT molecular complexity index is 534. The van der Waals surface area contributed by atoms with Crippen LogP contribution in [0.4, 0.5) is 13.2 Å². The molecule has 2 heterocycles. The smallest absolute Gasteiger partial charge is 0.378 e. The van der Waals surface area contributed by atoms with Gasteiger partial charge in [0.25, 0.3) is 5.91 Å². The number of carbonyl (C=O) groups excluding carboxylic acids is 1. The second-order valence-corrected chi connectivity index (χ2v) is 5.33. The molecular formula is C14H20F3N3O2. The highest BCUT2D eigenvalue weighted by atomic mass is 19.4. The van der Waals surface area contributed by atoms with Gasteiger partial charge in [0.15, 0.2) is 0 Å². The number of carbonyl (C=O) groups is 1. The summed E-state index contributed by atoms with van der Waals surface area (Å²) in [6.45, 7) is 4.05. The highest BCUT2D eigenvalue weighted by Gasteiger charge is 2.32. The van der Waals surface area contributed by atoms with E-state index in [0.29, 0.717) is 50.4 Å². The number of morpholine rings is 1. The monoisotopic (exact) mass is 319 g/mol. The number of aryl methyl sites for hydroxylation is 1. The number of alkyl halides is 3. The van der Waals surface area contributed by atoms with Gasteiger partial charge in [0.05, 0.1) is 24.5 Å². The zero-order valence-electron chi connectivity index (χ0n) is 12.7. The van der Waals surface area contributed by atoms with Gasteiger partial charge >= 0.3 is 6.18 Å². The maximum atomic E-state index is 12.6. The van der Waals surface area contributed by atoms with Crippen LogP contribution in [-0.2, 0) is 17.7 Å². The minimum atomic E-state index is -4.36. The fourth-order valence-corrected chi connectivity index (χ4v) is 2.55. The van der Waals surface area contributed by atoms with Crippen molar-refractivity contribution >= 4 is 5.91 Å². The van der Waals surface area contributed by atoms with Crippen molar-refractivity contribution in [2.24, 2.45) is 0 Å². The first-order valence-corrected chi connectivity index (χ1v) is 7.33. The maximum Gasteiger partial charge on any atom is 0.408 e. The van der Waals surface area contributed by atoms with Crippen LogP contribution in [0.5, 0.6) is 0 Å². The van der Waals surface area contributed by atoms with Crippen molar-refractivity contribution < 1.29 is 22.7 Å². The molecule has 22 heavy (non-hydrogen) atoms. The third kappa shape index (κ3) is 3.79. The van der Waals surface area contributed by atoms with Crippen LogP contribution in [0.1, 0.15) is 35.1 Å². The summed E-state index contributed by atoms with van der Waals surface area (Å²) in [4.78, 5) is 14.2. The van der Waals surface area contributed by atoms with E-state index in [2.05, 4.69) is 5.10 Å². The number of nitrogens with zero attached hydrogens (tertiary/aromatic N) is 3. The quantitative estimate of drug-likeness (QED) is 0.854. The Morgan fingerprint density at radius 2 is 1.95 bits per heavy atom. The number of aromatic nitrogens is 2. The van der Waals surface area contributed by atoms with Crippen LogP contribution in [-0.4, -0.2) is 53.1 Å². The van der Waals surface area contributed by atoms with Crippen molar-refractivity contribution in [3.05, 3.63) is 17.0 Å². The van der Waals surface area contributed by atoms with E-state index in [1.807, 2.05) is 6.92 Å². The van der Waals surface area contributed by atoms with Crippen LogP contribution < -0.4 is 0 Å². The number of rotatable bonds is 4. The Morgan fingerprint density at radius 3 is 2.50 bits per heavy atom. The topological polar surface area (TPSA) is 47.4 Å². The standard InChI is InChI=1S/C14H20F3N3O2/c1-3-4-11-12(13(21)19-5-7-22-8-6-19)10(2)20(18-11)9-14(15,16)17/h3-9H2,1-2H3. The molecule has 0 radical (unpaired) electrons. The van der Waals surface area contributed by atoms with Crippen LogP contribution in [0, 0.1) is 6.92 Å². The first kappa shape index (κ1) is 16.8. The second kappa shape index (κ2) is 6.68. The third-order valence-electron chi connectivity index (χ3n) is 3.61. The fraction of sp³-hybridized carbons (Fsp3) is 0.714. The Hall–Kier alpha value is -1.57. The fourth-order valence-electron chi connectivity index (χ4n) is 2.55. The number of ether oxygens (including phenoxy) is 1. The molecule has 0 atom stereocenters. The summed E-state index contributed by atoms with van der Waals surface area (Å²) in [5.41, 5.74) is 1.03. The van der Waals surface area contributed by atoms with E-state index in [4.69, 9.17) is 4.74 Å². The van der Waals surface area contributed by atoms with Crippen LogP contribution in [0.15, 0.2) is 0 Å². The van der Waals surface area contributed by atoms with Crippen molar-refractivity contribution in [3.8, 4) is 0 Å². The van der Waals surface area contributed by atoms with Crippen molar-refractivity contribution in [1.82, 2.24) is 14.7 Å². The first-order valence-electron chi connectivity index (χ1n) is 7.33. The average molecular weight is 319 g/mol. The van der Waals surface area contributed by atoms with Gasteiger partial charge in [-0.3, -0.25) is 9.48 Å². The predicted octanol–water partition coefficient (Wildman–Crippen LogP) is 2.18. The van der Waals surface area contributed by atoms with Gasteiger partial charge < -0.3 is 9.64 Å². The van der Waals surface area contributed by atoms with Crippen LogP contribution in [0.2, 0.25) is 0 Å². The highest BCUT2D eigenvalue weighted by Crippen LogP contribution is 2.23. The van der Waals surface area contributed by atoms with Gasteiger partial charge in [0.2, 0.25) is 0 Å². The van der Waals surface area contributed by atoms with Gasteiger partial charge in [-0.05, 0) is 13.3 Å².